The number of methoxy groups -OCH3 is 1. The lowest BCUT2D eigenvalue weighted by Gasteiger charge is -2.32. The smallest absolute Gasteiger partial charge is 0.224 e. The van der Waals surface area contributed by atoms with Gasteiger partial charge in [0.25, 0.3) is 0 Å². The molecule has 2 aromatic rings. The molecule has 0 bridgehead atoms. The average molecular weight is 385 g/mol. The molecule has 1 amide bonds. The summed E-state index contributed by atoms with van der Waals surface area (Å²) in [7, 11) is 1.62. The number of benzene rings is 2. The molecule has 0 unspecified atom stereocenters. The fourth-order valence-electron chi connectivity index (χ4n) is 3.56. The molecule has 0 aliphatic carbocycles. The number of hydrogen-bond donors (Lipinski definition) is 0. The van der Waals surface area contributed by atoms with Crippen LogP contribution in [0.15, 0.2) is 48.5 Å². The highest BCUT2D eigenvalue weighted by Gasteiger charge is 2.22. The second-order valence-electron chi connectivity index (χ2n) is 7.33. The molecule has 1 aliphatic heterocycles. The van der Waals surface area contributed by atoms with E-state index in [1.165, 1.54) is 17.7 Å². The molecule has 0 aromatic heterocycles. The van der Waals surface area contributed by atoms with Gasteiger partial charge in [-0.2, -0.15) is 0 Å². The maximum absolute atomic E-state index is 13.2. The molecule has 0 N–H and O–H groups in total. The number of carbonyl (C=O) groups excluding carboxylic acids is 1. The van der Waals surface area contributed by atoms with Crippen molar-refractivity contribution in [1.82, 2.24) is 4.90 Å². The molecule has 4 nitrogen and oxygen atoms in total. The van der Waals surface area contributed by atoms with E-state index < -0.39 is 0 Å². The van der Waals surface area contributed by atoms with Crippen molar-refractivity contribution < 1.29 is 18.7 Å². The van der Waals surface area contributed by atoms with Crippen LogP contribution in [0.2, 0.25) is 0 Å². The van der Waals surface area contributed by atoms with E-state index in [4.69, 9.17) is 9.47 Å². The molecule has 1 saturated heterocycles. The van der Waals surface area contributed by atoms with Crippen molar-refractivity contribution in [1.29, 1.82) is 0 Å². The van der Waals surface area contributed by atoms with Crippen LogP contribution in [-0.4, -0.2) is 37.6 Å². The lowest BCUT2D eigenvalue weighted by atomic mass is 9.90. The minimum Gasteiger partial charge on any atom is -0.489 e. The number of piperidine rings is 1. The van der Waals surface area contributed by atoms with Crippen LogP contribution in [0.3, 0.4) is 0 Å². The summed E-state index contributed by atoms with van der Waals surface area (Å²) in [5.41, 5.74) is 2.37. The zero-order valence-electron chi connectivity index (χ0n) is 16.4. The van der Waals surface area contributed by atoms with Crippen molar-refractivity contribution in [3.05, 3.63) is 65.5 Å². The number of halogens is 1. The molecule has 2 aromatic carbocycles. The Morgan fingerprint density at radius 2 is 1.82 bits per heavy atom. The number of amides is 1. The fraction of sp³-hybridized carbons (Fsp3) is 0.435. The molecule has 3 rings (SSSR count). The number of ether oxygens (including phenoxy) is 2. The standard InChI is InChI=1S/C23H28FNO3/c1-27-14-11-23(26)25-12-9-19(10-13-25)15-18-5-7-20(8-6-18)17-28-22-4-2-3-21(24)16-22/h2-8,16,19H,9-15,17H2,1H3. The number of nitrogens with zero attached hydrogens (tertiary/aromatic N) is 1. The van der Waals surface area contributed by atoms with Crippen LogP contribution >= 0.6 is 0 Å². The van der Waals surface area contributed by atoms with Gasteiger partial charge in [0, 0.05) is 26.3 Å². The highest BCUT2D eigenvalue weighted by atomic mass is 19.1. The molecule has 1 aliphatic rings. The van der Waals surface area contributed by atoms with Crippen molar-refractivity contribution in [2.45, 2.75) is 32.3 Å². The van der Waals surface area contributed by atoms with Gasteiger partial charge in [-0.25, -0.2) is 4.39 Å². The molecule has 150 valence electrons. The van der Waals surface area contributed by atoms with Crippen molar-refractivity contribution in [3.63, 3.8) is 0 Å². The van der Waals surface area contributed by atoms with Gasteiger partial charge in [-0.15, -0.1) is 0 Å². The summed E-state index contributed by atoms with van der Waals surface area (Å²) in [6, 6.07) is 14.6. The van der Waals surface area contributed by atoms with E-state index in [2.05, 4.69) is 24.3 Å². The summed E-state index contributed by atoms with van der Waals surface area (Å²) < 4.78 is 23.8. The lowest BCUT2D eigenvalue weighted by Crippen LogP contribution is -2.39. The summed E-state index contributed by atoms with van der Waals surface area (Å²) in [4.78, 5) is 14.0. The highest BCUT2D eigenvalue weighted by molar-refractivity contribution is 5.76. The van der Waals surface area contributed by atoms with Crippen molar-refractivity contribution >= 4 is 5.91 Å². The number of carbonyl (C=O) groups is 1. The van der Waals surface area contributed by atoms with Crippen molar-refractivity contribution in [2.24, 2.45) is 5.92 Å². The van der Waals surface area contributed by atoms with Gasteiger partial charge in [0.15, 0.2) is 0 Å². The third kappa shape index (κ3) is 6.06. The van der Waals surface area contributed by atoms with Crippen LogP contribution in [0.4, 0.5) is 4.39 Å². The quantitative estimate of drug-likeness (QED) is 0.683. The Balaban J connectivity index is 1.43. The molecule has 0 saturated carbocycles. The monoisotopic (exact) mass is 385 g/mol. The van der Waals surface area contributed by atoms with Gasteiger partial charge in [0.2, 0.25) is 5.91 Å². The molecular formula is C23H28FNO3. The van der Waals surface area contributed by atoms with Crippen LogP contribution in [0, 0.1) is 11.7 Å². The number of likely N-dealkylation sites (tertiary alicyclic amines) is 1. The van der Waals surface area contributed by atoms with E-state index in [9.17, 15) is 9.18 Å². The lowest BCUT2D eigenvalue weighted by molar-refractivity contribution is -0.133. The third-order valence-corrected chi connectivity index (χ3v) is 5.24. The van der Waals surface area contributed by atoms with E-state index in [-0.39, 0.29) is 11.7 Å². The molecule has 28 heavy (non-hydrogen) atoms. The zero-order valence-corrected chi connectivity index (χ0v) is 16.4. The first kappa shape index (κ1) is 20.3. The van der Waals surface area contributed by atoms with E-state index in [0.717, 1.165) is 37.9 Å². The van der Waals surface area contributed by atoms with Crippen molar-refractivity contribution in [2.75, 3.05) is 26.8 Å². The van der Waals surface area contributed by atoms with E-state index in [1.54, 1.807) is 19.2 Å². The van der Waals surface area contributed by atoms with E-state index in [0.29, 0.717) is 31.3 Å². The molecule has 0 atom stereocenters. The first-order chi connectivity index (χ1) is 13.6. The van der Waals surface area contributed by atoms with Gasteiger partial charge in [-0.05, 0) is 48.4 Å². The zero-order chi connectivity index (χ0) is 19.8. The van der Waals surface area contributed by atoms with Gasteiger partial charge in [-0.3, -0.25) is 4.79 Å². The molecule has 1 fully saturated rings. The summed E-state index contributed by atoms with van der Waals surface area (Å²) in [6.07, 6.45) is 3.60. The fourth-order valence-corrected chi connectivity index (χ4v) is 3.56. The molecule has 5 heteroatoms. The van der Waals surface area contributed by atoms with Crippen LogP contribution in [0.5, 0.6) is 5.75 Å². The van der Waals surface area contributed by atoms with Crippen molar-refractivity contribution in [3.8, 4) is 5.75 Å². The first-order valence-corrected chi connectivity index (χ1v) is 9.87. The molecule has 0 spiro atoms. The van der Waals surface area contributed by atoms with Crippen LogP contribution in [0.1, 0.15) is 30.4 Å². The summed E-state index contributed by atoms with van der Waals surface area (Å²) in [5, 5.41) is 0. The SMILES string of the molecule is COCCC(=O)N1CCC(Cc2ccc(COc3cccc(F)c3)cc2)CC1. The minimum atomic E-state index is -0.292. The Hall–Kier alpha value is -2.40. The van der Waals surface area contributed by atoms with Gasteiger partial charge in [0.05, 0.1) is 13.0 Å². The maximum Gasteiger partial charge on any atom is 0.224 e. The summed E-state index contributed by atoms with van der Waals surface area (Å²) in [5.74, 6) is 1.05. The summed E-state index contributed by atoms with van der Waals surface area (Å²) in [6.45, 7) is 2.60. The number of hydrogen-bond acceptors (Lipinski definition) is 3. The predicted octanol–water partition coefficient (Wildman–Crippen LogP) is 4.22. The summed E-state index contributed by atoms with van der Waals surface area (Å²) >= 11 is 0. The Morgan fingerprint density at radius 3 is 2.50 bits per heavy atom. The normalized spacial score (nSPS) is 14.9. The Morgan fingerprint density at radius 1 is 1.11 bits per heavy atom. The van der Waals surface area contributed by atoms with Gasteiger partial charge >= 0.3 is 0 Å². The average Bonchev–Trinajstić information content (AvgIpc) is 2.72. The number of rotatable bonds is 8. The molecule has 1 heterocycles. The third-order valence-electron chi connectivity index (χ3n) is 5.24. The van der Waals surface area contributed by atoms with Gasteiger partial charge in [-0.1, -0.05) is 30.3 Å². The van der Waals surface area contributed by atoms with Crippen LogP contribution < -0.4 is 4.74 Å². The molecular weight excluding hydrogens is 357 g/mol. The van der Waals surface area contributed by atoms with Crippen LogP contribution in [0.25, 0.3) is 0 Å². The topological polar surface area (TPSA) is 38.8 Å². The Bertz CT molecular complexity index is 755. The molecule has 0 radical (unpaired) electrons. The van der Waals surface area contributed by atoms with Gasteiger partial charge < -0.3 is 14.4 Å². The largest absolute Gasteiger partial charge is 0.489 e. The first-order valence-electron chi connectivity index (χ1n) is 9.87. The predicted molar refractivity (Wildman–Crippen MR) is 107 cm³/mol. The second kappa shape index (κ2) is 10.2. The Labute approximate surface area is 166 Å². The Kier molecular flexibility index (Phi) is 7.43. The maximum atomic E-state index is 13.2. The highest BCUT2D eigenvalue weighted by Crippen LogP contribution is 2.23. The second-order valence-corrected chi connectivity index (χ2v) is 7.33. The minimum absolute atomic E-state index is 0.197. The van der Waals surface area contributed by atoms with Gasteiger partial charge in [0.1, 0.15) is 18.2 Å². The van der Waals surface area contributed by atoms with Crippen LogP contribution in [-0.2, 0) is 22.6 Å². The van der Waals surface area contributed by atoms with E-state index >= 15 is 0 Å². The van der Waals surface area contributed by atoms with E-state index in [1.807, 2.05) is 4.90 Å².